The minimum atomic E-state index is -0.539. The van der Waals surface area contributed by atoms with Crippen LogP contribution in [-0.4, -0.2) is 11.0 Å². The zero-order valence-corrected chi connectivity index (χ0v) is 13.1. The van der Waals surface area contributed by atoms with Crippen LogP contribution < -0.4 is 5.73 Å². The van der Waals surface area contributed by atoms with Gasteiger partial charge in [0.05, 0.1) is 15.1 Å². The third-order valence-corrected chi connectivity index (χ3v) is 4.21. The first-order chi connectivity index (χ1) is 8.91. The Morgan fingerprint density at radius 3 is 2.63 bits per heavy atom. The van der Waals surface area contributed by atoms with E-state index in [4.69, 9.17) is 40.5 Å². The predicted molar refractivity (Wildman–Crippen MR) is 84.2 cm³/mol. The van der Waals surface area contributed by atoms with Gasteiger partial charge in [-0.2, -0.15) is 0 Å². The summed E-state index contributed by atoms with van der Waals surface area (Å²) >= 11 is 19.5. The average Bonchev–Trinajstić information content (AvgIpc) is 2.33. The summed E-state index contributed by atoms with van der Waals surface area (Å²) in [6, 6.07) is 3.35. The Balaban J connectivity index is 2.72. The monoisotopic (exact) mass is 336 g/mol. The fraction of sp³-hybridized carbons (Fsp3) is 0.167. The van der Waals surface area contributed by atoms with Crippen LogP contribution in [0.3, 0.4) is 0 Å². The van der Waals surface area contributed by atoms with E-state index >= 15 is 0 Å². The summed E-state index contributed by atoms with van der Waals surface area (Å²) in [7, 11) is 0. The zero-order chi connectivity index (χ0) is 14.4. The number of rotatable bonds is 4. The maximum atomic E-state index is 10.5. The Hall–Kier alpha value is -0.680. The Labute approximate surface area is 130 Å². The summed E-state index contributed by atoms with van der Waals surface area (Å²) in [5.41, 5.74) is 5.71. The fourth-order valence-electron chi connectivity index (χ4n) is 1.13. The Bertz CT molecular complexity index is 544. The van der Waals surface area contributed by atoms with E-state index in [1.807, 2.05) is 6.92 Å². The summed E-state index contributed by atoms with van der Waals surface area (Å²) in [6.07, 6.45) is 2.54. The second-order valence-electron chi connectivity index (χ2n) is 3.48. The van der Waals surface area contributed by atoms with Gasteiger partial charge in [0.1, 0.15) is 0 Å². The molecule has 0 aromatic heterocycles. The van der Waals surface area contributed by atoms with Gasteiger partial charge >= 0.3 is 0 Å². The number of aliphatic imine (C=N–C) groups is 1. The number of nitrogens with two attached hydrogens (primary N) is 1. The van der Waals surface area contributed by atoms with Crippen molar-refractivity contribution in [3.63, 3.8) is 0 Å². The molecule has 0 aliphatic heterocycles. The van der Waals surface area contributed by atoms with E-state index in [-0.39, 0.29) is 0 Å². The van der Waals surface area contributed by atoms with E-state index < -0.39 is 5.91 Å². The third kappa shape index (κ3) is 5.45. The van der Waals surface area contributed by atoms with E-state index in [0.717, 1.165) is 10.6 Å². The van der Waals surface area contributed by atoms with Gasteiger partial charge in [0.25, 0.3) is 0 Å². The summed E-state index contributed by atoms with van der Waals surface area (Å²) < 4.78 is 0. The standard InChI is InChI=1S/C12H11Cl3N2OS/c1-7(17-5-4-11(16)18)19-6-8-9(13)2-3-10(14)12(8)15/h2-5H,6H2,1H3,(H2,16,18)/b5-4-,17-7+. The molecular formula is C12H11Cl3N2OS. The molecule has 0 saturated carbocycles. The van der Waals surface area contributed by atoms with Gasteiger partial charge in [-0.15, -0.1) is 11.8 Å². The number of hydrogen-bond acceptors (Lipinski definition) is 3. The quantitative estimate of drug-likeness (QED) is 0.385. The largest absolute Gasteiger partial charge is 0.366 e. The molecule has 0 atom stereocenters. The van der Waals surface area contributed by atoms with Crippen LogP contribution in [0.15, 0.2) is 29.4 Å². The second kappa shape index (κ2) is 7.80. The highest BCUT2D eigenvalue weighted by molar-refractivity contribution is 8.13. The van der Waals surface area contributed by atoms with Crippen molar-refractivity contribution in [2.75, 3.05) is 0 Å². The van der Waals surface area contributed by atoms with E-state index in [2.05, 4.69) is 4.99 Å². The van der Waals surface area contributed by atoms with Crippen LogP contribution >= 0.6 is 46.6 Å². The van der Waals surface area contributed by atoms with Crippen molar-refractivity contribution in [2.24, 2.45) is 10.7 Å². The normalized spacial score (nSPS) is 12.1. The Morgan fingerprint density at radius 2 is 2.00 bits per heavy atom. The first-order valence-corrected chi connectivity index (χ1v) is 7.29. The number of primary amides is 1. The number of benzene rings is 1. The lowest BCUT2D eigenvalue weighted by Gasteiger charge is -2.07. The molecule has 0 fully saturated rings. The fourth-order valence-corrected chi connectivity index (χ4v) is 2.76. The highest BCUT2D eigenvalue weighted by Crippen LogP contribution is 2.34. The van der Waals surface area contributed by atoms with Crippen LogP contribution in [0, 0.1) is 0 Å². The molecule has 1 rings (SSSR count). The van der Waals surface area contributed by atoms with Gasteiger partial charge in [-0.3, -0.25) is 9.79 Å². The van der Waals surface area contributed by atoms with Gasteiger partial charge in [-0.05, 0) is 19.1 Å². The lowest BCUT2D eigenvalue weighted by molar-refractivity contribution is -0.113. The van der Waals surface area contributed by atoms with Crippen molar-refractivity contribution < 1.29 is 4.79 Å². The van der Waals surface area contributed by atoms with Gasteiger partial charge in [0, 0.05) is 28.6 Å². The first kappa shape index (κ1) is 16.4. The van der Waals surface area contributed by atoms with Crippen LogP contribution in [0.2, 0.25) is 15.1 Å². The van der Waals surface area contributed by atoms with Gasteiger partial charge < -0.3 is 5.73 Å². The SMILES string of the molecule is C/C(=N\C=C/C(N)=O)SCc1c(Cl)ccc(Cl)c1Cl. The van der Waals surface area contributed by atoms with Crippen molar-refractivity contribution in [2.45, 2.75) is 12.7 Å². The summed E-state index contributed by atoms with van der Waals surface area (Å²) in [5.74, 6) is 0.000284. The topological polar surface area (TPSA) is 55.4 Å². The molecule has 0 aliphatic rings. The third-order valence-electron chi connectivity index (χ3n) is 2.06. The molecule has 0 aliphatic carbocycles. The minimum Gasteiger partial charge on any atom is -0.366 e. The second-order valence-corrected chi connectivity index (χ2v) is 5.84. The number of hydrogen-bond donors (Lipinski definition) is 1. The van der Waals surface area contributed by atoms with Gasteiger partial charge in [-0.25, -0.2) is 0 Å². The lowest BCUT2D eigenvalue weighted by Crippen LogP contribution is -2.05. The number of thioether (sulfide) groups is 1. The van der Waals surface area contributed by atoms with Crippen molar-refractivity contribution in [3.05, 3.63) is 45.0 Å². The molecule has 1 amide bonds. The molecule has 2 N–H and O–H groups in total. The molecule has 1 aromatic rings. The van der Waals surface area contributed by atoms with Crippen molar-refractivity contribution in [1.29, 1.82) is 0 Å². The van der Waals surface area contributed by atoms with E-state index in [0.29, 0.717) is 20.8 Å². The number of nitrogens with zero attached hydrogens (tertiary/aromatic N) is 1. The smallest absolute Gasteiger partial charge is 0.242 e. The summed E-state index contributed by atoms with van der Waals surface area (Å²) in [6.45, 7) is 1.81. The zero-order valence-electron chi connectivity index (χ0n) is 9.99. The van der Waals surface area contributed by atoms with Crippen molar-refractivity contribution >= 4 is 57.5 Å². The predicted octanol–water partition coefficient (Wildman–Crippen LogP) is 4.30. The molecule has 0 saturated heterocycles. The molecule has 102 valence electrons. The Kier molecular flexibility index (Phi) is 6.72. The number of amides is 1. The molecule has 0 unspecified atom stereocenters. The molecule has 7 heteroatoms. The van der Waals surface area contributed by atoms with Crippen LogP contribution in [0.1, 0.15) is 12.5 Å². The van der Waals surface area contributed by atoms with Gasteiger partial charge in [-0.1, -0.05) is 34.8 Å². The Morgan fingerprint density at radius 1 is 1.37 bits per heavy atom. The minimum absolute atomic E-state index is 0.446. The van der Waals surface area contributed by atoms with Gasteiger partial charge in [0.2, 0.25) is 5.91 Å². The molecule has 0 heterocycles. The molecule has 19 heavy (non-hydrogen) atoms. The maximum absolute atomic E-state index is 10.5. The maximum Gasteiger partial charge on any atom is 0.242 e. The summed E-state index contributed by atoms with van der Waals surface area (Å²) in [5, 5.41) is 2.22. The van der Waals surface area contributed by atoms with Gasteiger partial charge in [0.15, 0.2) is 0 Å². The van der Waals surface area contributed by atoms with Crippen molar-refractivity contribution in [1.82, 2.24) is 0 Å². The van der Waals surface area contributed by atoms with Crippen LogP contribution in [0.4, 0.5) is 0 Å². The molecule has 0 spiro atoms. The molecule has 1 aromatic carbocycles. The number of halogens is 3. The van der Waals surface area contributed by atoms with Crippen LogP contribution in [-0.2, 0) is 10.5 Å². The lowest BCUT2D eigenvalue weighted by atomic mass is 10.2. The van der Waals surface area contributed by atoms with E-state index in [1.54, 1.807) is 12.1 Å². The number of carbonyl (C=O) groups is 1. The highest BCUT2D eigenvalue weighted by atomic mass is 35.5. The molecule has 3 nitrogen and oxygen atoms in total. The van der Waals surface area contributed by atoms with Crippen LogP contribution in [0.5, 0.6) is 0 Å². The highest BCUT2D eigenvalue weighted by Gasteiger charge is 2.10. The molecule has 0 bridgehead atoms. The van der Waals surface area contributed by atoms with Crippen molar-refractivity contribution in [3.8, 4) is 0 Å². The van der Waals surface area contributed by atoms with E-state index in [9.17, 15) is 4.79 Å². The van der Waals surface area contributed by atoms with Crippen LogP contribution in [0.25, 0.3) is 0 Å². The molecular weight excluding hydrogens is 327 g/mol. The van der Waals surface area contributed by atoms with E-state index in [1.165, 1.54) is 24.0 Å². The first-order valence-electron chi connectivity index (χ1n) is 5.17. The summed E-state index contributed by atoms with van der Waals surface area (Å²) in [4.78, 5) is 14.5. The molecule has 0 radical (unpaired) electrons. The number of carbonyl (C=O) groups excluding carboxylic acids is 1. The average molecular weight is 338 g/mol.